The van der Waals surface area contributed by atoms with Gasteiger partial charge in [0.2, 0.25) is 11.5 Å². The number of nitrogens with one attached hydrogen (secondary N) is 2. The molecule has 0 fully saturated rings. The van der Waals surface area contributed by atoms with Crippen LogP contribution in [0, 0.1) is 13.8 Å². The van der Waals surface area contributed by atoms with Crippen molar-refractivity contribution in [3.05, 3.63) is 82.9 Å². The molecule has 4 aromatic carbocycles. The fraction of sp³-hybridized carbons (Fsp3) is 0.705. The highest BCUT2D eigenvalue weighted by Crippen LogP contribution is 2.42. The van der Waals surface area contributed by atoms with Gasteiger partial charge in [-0.1, -0.05) is 323 Å². The minimum Gasteiger partial charge on any atom is -0.490 e. The molecular weight excluding hydrogens is 1210 g/mol. The van der Waals surface area contributed by atoms with E-state index in [1.807, 2.05) is 48.5 Å². The average Bonchev–Trinajstić information content (AvgIpc) is 0.829. The van der Waals surface area contributed by atoms with E-state index in [-0.39, 0.29) is 11.8 Å². The van der Waals surface area contributed by atoms with Gasteiger partial charge in [-0.05, 0) is 123 Å². The average molecular weight is 1360 g/mol. The molecule has 0 unspecified atom stereocenters. The molecule has 0 radical (unpaired) electrons. The van der Waals surface area contributed by atoms with Crippen molar-refractivity contribution in [3.63, 3.8) is 0 Å². The van der Waals surface area contributed by atoms with Crippen LogP contribution in [0.2, 0.25) is 0 Å². The molecule has 10 heteroatoms. The molecule has 0 aliphatic heterocycles. The third-order valence-corrected chi connectivity index (χ3v) is 19.3. The number of ether oxygens (including phenoxy) is 6. The van der Waals surface area contributed by atoms with E-state index in [0.717, 1.165) is 99.3 Å². The fourth-order valence-electron chi connectivity index (χ4n) is 13.1. The van der Waals surface area contributed by atoms with Crippen molar-refractivity contribution < 1.29 is 38.0 Å². The quantitative estimate of drug-likeness (QED) is 0.0420. The number of unbranched alkanes of at least 4 members (excludes halogenated alkanes) is 42. The van der Waals surface area contributed by atoms with E-state index < -0.39 is 0 Å². The molecule has 4 rings (SSSR count). The Bertz CT molecular complexity index is 2380. The van der Waals surface area contributed by atoms with Crippen LogP contribution >= 0.6 is 0 Å². The maximum atomic E-state index is 14.5. The van der Waals surface area contributed by atoms with Gasteiger partial charge >= 0.3 is 0 Å². The smallest absolute Gasteiger partial charge is 0.255 e. The summed E-state index contributed by atoms with van der Waals surface area (Å²) in [5.74, 6) is 3.05. The highest BCUT2D eigenvalue weighted by Gasteiger charge is 2.23. The third-order valence-electron chi connectivity index (χ3n) is 19.3. The highest BCUT2D eigenvalue weighted by molar-refractivity contribution is 6.06. The van der Waals surface area contributed by atoms with Gasteiger partial charge in [-0.25, -0.2) is 0 Å². The van der Waals surface area contributed by atoms with Gasteiger partial charge in [-0.2, -0.15) is 0 Å². The first-order valence-electron chi connectivity index (χ1n) is 41.1. The molecule has 0 spiro atoms. The van der Waals surface area contributed by atoms with Crippen LogP contribution in [0.25, 0.3) is 11.1 Å². The minimum atomic E-state index is -0.234. The fourth-order valence-corrected chi connectivity index (χ4v) is 13.1. The number of amides is 2. The van der Waals surface area contributed by atoms with Gasteiger partial charge in [-0.15, -0.1) is 0 Å². The van der Waals surface area contributed by atoms with E-state index in [0.29, 0.717) is 96.6 Å². The van der Waals surface area contributed by atoms with E-state index in [4.69, 9.17) is 28.4 Å². The number of aryl methyl sites for hydroxylation is 2. The lowest BCUT2D eigenvalue weighted by Crippen LogP contribution is -2.14. The second-order valence-electron chi connectivity index (χ2n) is 28.5. The lowest BCUT2D eigenvalue weighted by atomic mass is 9.95. The molecule has 0 aliphatic rings. The van der Waals surface area contributed by atoms with E-state index in [9.17, 15) is 9.59 Å². The summed E-state index contributed by atoms with van der Waals surface area (Å²) in [6.07, 6.45) is 58.2. The van der Waals surface area contributed by atoms with Crippen LogP contribution < -0.4 is 39.1 Å². The molecule has 0 saturated heterocycles. The zero-order chi connectivity index (χ0) is 70.1. The Morgan fingerprint density at radius 2 is 0.449 bits per heavy atom. The summed E-state index contributed by atoms with van der Waals surface area (Å²) in [5, 5.41) is 6.46. The molecule has 98 heavy (non-hydrogen) atoms. The SMILES string of the molecule is CCCCCCCCCCOc1cc(C(=O)Nc2ccc(-c3ccc(NC(=O)c4cc(OCCCCCCCCCC)c(OCCCCCCCCCC)c(OCCCCCCCCCC)c4)cc3C)c(C)c2)cc(OCCCCCCCCCC)c1OCCCCCCCCCC. The Morgan fingerprint density at radius 3 is 0.653 bits per heavy atom. The van der Waals surface area contributed by atoms with Gasteiger partial charge in [0.05, 0.1) is 39.6 Å². The Morgan fingerprint density at radius 1 is 0.255 bits per heavy atom. The third kappa shape index (κ3) is 37.9. The van der Waals surface area contributed by atoms with Crippen LogP contribution in [-0.2, 0) is 0 Å². The van der Waals surface area contributed by atoms with E-state index in [1.165, 1.54) is 231 Å². The Hall–Kier alpha value is -5.38. The zero-order valence-corrected chi connectivity index (χ0v) is 64.2. The number of benzene rings is 4. The molecule has 2 amide bonds. The largest absolute Gasteiger partial charge is 0.490 e. The second kappa shape index (κ2) is 57.3. The van der Waals surface area contributed by atoms with Gasteiger partial charge in [0.25, 0.3) is 11.8 Å². The summed E-state index contributed by atoms with van der Waals surface area (Å²) < 4.78 is 39.8. The predicted molar refractivity (Wildman–Crippen MR) is 419 cm³/mol. The van der Waals surface area contributed by atoms with Crippen LogP contribution in [0.3, 0.4) is 0 Å². The van der Waals surface area contributed by atoms with E-state index in [2.05, 4.69) is 78.2 Å². The summed E-state index contributed by atoms with van der Waals surface area (Å²) in [7, 11) is 0. The van der Waals surface area contributed by atoms with Gasteiger partial charge in [0, 0.05) is 22.5 Å². The first-order chi connectivity index (χ1) is 48.2. The Balaban J connectivity index is 1.56. The number of hydrogen-bond donors (Lipinski definition) is 2. The summed E-state index contributed by atoms with van der Waals surface area (Å²) >= 11 is 0. The zero-order valence-electron chi connectivity index (χ0n) is 64.2. The molecule has 554 valence electrons. The number of carbonyl (C=O) groups is 2. The van der Waals surface area contributed by atoms with Crippen LogP contribution in [0.5, 0.6) is 34.5 Å². The summed E-state index contributed by atoms with van der Waals surface area (Å²) in [6.45, 7) is 21.1. The maximum absolute atomic E-state index is 14.5. The molecule has 0 aliphatic carbocycles. The van der Waals surface area contributed by atoms with Gasteiger partial charge in [0.1, 0.15) is 0 Å². The van der Waals surface area contributed by atoms with Gasteiger partial charge in [0.15, 0.2) is 23.0 Å². The van der Waals surface area contributed by atoms with E-state index >= 15 is 0 Å². The monoisotopic (exact) mass is 1360 g/mol. The Kier molecular flexibility index (Phi) is 49.7. The molecular formula is C88H144N2O8. The maximum Gasteiger partial charge on any atom is 0.255 e. The molecule has 2 N–H and O–H groups in total. The summed E-state index contributed by atoms with van der Waals surface area (Å²) in [4.78, 5) is 29.0. The topological polar surface area (TPSA) is 114 Å². The number of carbonyl (C=O) groups excluding carboxylic acids is 2. The first kappa shape index (κ1) is 85.0. The first-order valence-corrected chi connectivity index (χ1v) is 41.1. The normalized spacial score (nSPS) is 11.3. The van der Waals surface area contributed by atoms with Crippen molar-refractivity contribution in [1.29, 1.82) is 0 Å². The lowest BCUT2D eigenvalue weighted by molar-refractivity contribution is 0.101. The van der Waals surface area contributed by atoms with Crippen molar-refractivity contribution in [2.45, 2.75) is 364 Å². The van der Waals surface area contributed by atoms with Crippen molar-refractivity contribution in [3.8, 4) is 45.6 Å². The van der Waals surface area contributed by atoms with Crippen molar-refractivity contribution >= 4 is 23.2 Å². The van der Waals surface area contributed by atoms with E-state index in [1.54, 1.807) is 0 Å². The number of rotatable bonds is 65. The van der Waals surface area contributed by atoms with Crippen molar-refractivity contribution in [1.82, 2.24) is 0 Å². The van der Waals surface area contributed by atoms with Gasteiger partial charge < -0.3 is 39.1 Å². The molecule has 0 aromatic heterocycles. The molecule has 0 atom stereocenters. The molecule has 0 saturated carbocycles. The second-order valence-corrected chi connectivity index (χ2v) is 28.5. The van der Waals surface area contributed by atoms with Crippen molar-refractivity contribution in [2.75, 3.05) is 50.3 Å². The van der Waals surface area contributed by atoms with Crippen LogP contribution in [-0.4, -0.2) is 51.5 Å². The predicted octanol–water partition coefficient (Wildman–Crippen LogP) is 27.6. The van der Waals surface area contributed by atoms with Crippen LogP contribution in [0.1, 0.15) is 382 Å². The number of hydrogen-bond acceptors (Lipinski definition) is 8. The van der Waals surface area contributed by atoms with Crippen molar-refractivity contribution in [2.24, 2.45) is 0 Å². The molecule has 0 heterocycles. The minimum absolute atomic E-state index is 0.234. The Labute approximate surface area is 600 Å². The number of anilines is 2. The molecule has 10 nitrogen and oxygen atoms in total. The summed E-state index contributed by atoms with van der Waals surface area (Å²) in [5.41, 5.74) is 6.46. The van der Waals surface area contributed by atoms with Crippen LogP contribution in [0.4, 0.5) is 11.4 Å². The summed E-state index contributed by atoms with van der Waals surface area (Å²) in [6, 6.07) is 19.6. The highest BCUT2D eigenvalue weighted by atomic mass is 16.5. The molecule has 0 bridgehead atoms. The van der Waals surface area contributed by atoms with Gasteiger partial charge in [-0.3, -0.25) is 9.59 Å². The van der Waals surface area contributed by atoms with Crippen LogP contribution in [0.15, 0.2) is 60.7 Å². The standard InChI is InChI=1S/C88H144N2O8/c1-9-15-21-27-33-39-45-51-61-93-81-69-75(70-82(94-62-52-46-40-34-28-22-16-10-2)85(81)97-65-55-49-43-37-31-25-19-13-5)87(91)89-77-57-59-79(73(7)67-77)80-60-58-78(68-74(80)8)90-88(92)76-71-83(95-63-53-47-41-35-29-23-17-11-3)86(98-66-56-50-44-38-32-26-20-14-6)84(72-76)96-64-54-48-42-36-30-24-18-12-4/h57-60,67-72H,9-56,61-66H2,1-8H3,(H,89,91)(H,90,92). The lowest BCUT2D eigenvalue weighted by Gasteiger charge is -2.19. The molecule has 4 aromatic rings.